The van der Waals surface area contributed by atoms with Crippen LogP contribution in [0.25, 0.3) is 16.3 Å². The van der Waals surface area contributed by atoms with Gasteiger partial charge in [0.15, 0.2) is 16.7 Å². The molecule has 8 heteroatoms. The normalized spacial score (nSPS) is 15.6. The summed E-state index contributed by atoms with van der Waals surface area (Å²) in [4.78, 5) is 32.8. The molecule has 1 amide bonds. The van der Waals surface area contributed by atoms with Crippen LogP contribution in [0, 0.1) is 0 Å². The van der Waals surface area contributed by atoms with Crippen LogP contribution in [0.1, 0.15) is 17.2 Å². The maximum atomic E-state index is 13.4. The van der Waals surface area contributed by atoms with E-state index in [-0.39, 0.29) is 5.57 Å². The highest BCUT2D eigenvalue weighted by Crippen LogP contribution is 2.44. The second-order valence-electron chi connectivity index (χ2n) is 8.23. The Morgan fingerprint density at radius 1 is 1.14 bits per heavy atom. The average molecular weight is 529 g/mol. The number of ether oxygens (including phenoxy) is 1. The van der Waals surface area contributed by atoms with E-state index >= 15 is 0 Å². The number of aromatic nitrogens is 1. The fourth-order valence-corrected chi connectivity index (χ4v) is 5.38. The van der Waals surface area contributed by atoms with Crippen molar-refractivity contribution in [2.24, 2.45) is 0 Å². The van der Waals surface area contributed by atoms with Gasteiger partial charge in [0.25, 0.3) is 5.91 Å². The van der Waals surface area contributed by atoms with Crippen molar-refractivity contribution in [1.82, 2.24) is 4.98 Å². The van der Waals surface area contributed by atoms with Crippen LogP contribution < -0.4 is 9.64 Å². The molecule has 3 aromatic carbocycles. The van der Waals surface area contributed by atoms with Crippen LogP contribution in [0.2, 0.25) is 5.02 Å². The summed E-state index contributed by atoms with van der Waals surface area (Å²) in [6.45, 7) is 3.96. The monoisotopic (exact) mass is 528 g/mol. The molecule has 0 saturated carbocycles. The predicted octanol–water partition coefficient (Wildman–Crippen LogP) is 6.70. The number of fused-ring (bicyclic) bond motifs is 1. The first-order valence-electron chi connectivity index (χ1n) is 11.4. The first kappa shape index (κ1) is 24.5. The maximum Gasteiger partial charge on any atom is 0.296 e. The predicted molar refractivity (Wildman–Crippen MR) is 147 cm³/mol. The van der Waals surface area contributed by atoms with Crippen molar-refractivity contribution in [1.29, 1.82) is 0 Å². The van der Waals surface area contributed by atoms with Gasteiger partial charge in [0.2, 0.25) is 0 Å². The molecule has 0 fully saturated rings. The number of ketones is 1. The number of thiazole rings is 1. The largest absolute Gasteiger partial charge is 0.503 e. The van der Waals surface area contributed by atoms with Crippen LogP contribution in [0.15, 0.2) is 103 Å². The highest BCUT2D eigenvalue weighted by molar-refractivity contribution is 7.22. The van der Waals surface area contributed by atoms with Gasteiger partial charge in [-0.15, -0.1) is 0 Å². The number of carbonyl (C=O) groups is 2. The number of aliphatic hydroxyl groups excluding tert-OH is 1. The van der Waals surface area contributed by atoms with Gasteiger partial charge in [-0.2, -0.15) is 0 Å². The lowest BCUT2D eigenvalue weighted by Gasteiger charge is -2.24. The summed E-state index contributed by atoms with van der Waals surface area (Å²) in [5.41, 5.74) is 2.03. The summed E-state index contributed by atoms with van der Waals surface area (Å²) in [5.74, 6) is -1.26. The van der Waals surface area contributed by atoms with Crippen LogP contribution in [0.3, 0.4) is 0 Å². The Labute approximate surface area is 222 Å². The molecule has 184 valence electrons. The van der Waals surface area contributed by atoms with Crippen molar-refractivity contribution in [3.8, 4) is 5.75 Å². The van der Waals surface area contributed by atoms with Crippen molar-refractivity contribution in [3.05, 3.63) is 119 Å². The third-order valence-corrected chi connectivity index (χ3v) is 7.04. The zero-order valence-electron chi connectivity index (χ0n) is 19.5. The molecule has 0 spiro atoms. The van der Waals surface area contributed by atoms with Crippen LogP contribution in [0.5, 0.6) is 5.75 Å². The number of aliphatic hydroxyl groups is 1. The third-order valence-electron chi connectivity index (χ3n) is 5.79. The number of nitrogens with zero attached hydrogens (tertiary/aromatic N) is 2. The summed E-state index contributed by atoms with van der Waals surface area (Å²) < 4.78 is 6.46. The van der Waals surface area contributed by atoms with Crippen LogP contribution >= 0.6 is 22.9 Å². The molecule has 6 nitrogen and oxygen atoms in total. The second kappa shape index (κ2) is 10.4. The smallest absolute Gasteiger partial charge is 0.296 e. The lowest BCUT2D eigenvalue weighted by Crippen LogP contribution is -2.30. The molecule has 0 radical (unpaired) electrons. The quantitative estimate of drug-likeness (QED) is 0.203. The Bertz CT molecular complexity index is 1580. The molecule has 5 rings (SSSR count). The van der Waals surface area contributed by atoms with E-state index in [0.29, 0.717) is 33.6 Å². The molecule has 1 unspecified atom stereocenters. The fraction of sp³-hybridized carbons (Fsp3) is 0.0690. The summed E-state index contributed by atoms with van der Waals surface area (Å²) in [6, 6.07) is 20.7. The lowest BCUT2D eigenvalue weighted by atomic mass is 9.95. The maximum absolute atomic E-state index is 13.4. The first-order valence-corrected chi connectivity index (χ1v) is 12.6. The Kier molecular flexibility index (Phi) is 6.90. The molecule has 0 saturated heterocycles. The van der Waals surface area contributed by atoms with E-state index in [1.807, 2.05) is 30.3 Å². The number of halogens is 1. The van der Waals surface area contributed by atoms with Crippen molar-refractivity contribution in [2.45, 2.75) is 6.04 Å². The number of amides is 1. The molecule has 37 heavy (non-hydrogen) atoms. The molecule has 1 aliphatic rings. The van der Waals surface area contributed by atoms with Crippen LogP contribution in [-0.2, 0) is 9.59 Å². The highest BCUT2D eigenvalue weighted by atomic mass is 35.5. The van der Waals surface area contributed by atoms with Crippen molar-refractivity contribution >= 4 is 56.1 Å². The van der Waals surface area contributed by atoms with Gasteiger partial charge < -0.3 is 9.84 Å². The standard InChI is InChI=1S/C29H21ClN2O4S/c1-2-15-36-21-10-6-9-19(16-21)26-25(23(33)14-11-18-7-4-3-5-8-18)27(34)28(35)32(26)29-31-22-13-12-20(30)17-24(22)37-29/h2-14,16-17,26,34H,1,15H2. The Balaban J connectivity index is 1.61. The van der Waals surface area contributed by atoms with E-state index in [9.17, 15) is 14.7 Å². The minimum absolute atomic E-state index is 0.0321. The molecule has 2 heterocycles. The average Bonchev–Trinajstić information content (AvgIpc) is 3.44. The zero-order chi connectivity index (χ0) is 25.9. The highest BCUT2D eigenvalue weighted by Gasteiger charge is 2.45. The van der Waals surface area contributed by atoms with Gasteiger partial charge in [-0.1, -0.05) is 84.1 Å². The fourth-order valence-electron chi connectivity index (χ4n) is 4.11. The Morgan fingerprint density at radius 3 is 2.73 bits per heavy atom. The van der Waals surface area contributed by atoms with E-state index in [0.717, 1.165) is 10.3 Å². The summed E-state index contributed by atoms with van der Waals surface area (Å²) in [7, 11) is 0. The minimum Gasteiger partial charge on any atom is -0.503 e. The van der Waals surface area contributed by atoms with Gasteiger partial charge in [-0.3, -0.25) is 14.5 Å². The van der Waals surface area contributed by atoms with Crippen molar-refractivity contribution in [3.63, 3.8) is 0 Å². The molecule has 4 aromatic rings. The van der Waals surface area contributed by atoms with Crippen molar-refractivity contribution in [2.75, 3.05) is 11.5 Å². The van der Waals surface area contributed by atoms with Crippen molar-refractivity contribution < 1.29 is 19.4 Å². The lowest BCUT2D eigenvalue weighted by molar-refractivity contribution is -0.117. The first-order chi connectivity index (χ1) is 18.0. The van der Waals surface area contributed by atoms with E-state index in [1.54, 1.807) is 54.6 Å². The molecule has 1 aromatic heterocycles. The molecule has 1 N–H and O–H groups in total. The van der Waals surface area contributed by atoms with Gasteiger partial charge in [0.1, 0.15) is 12.4 Å². The second-order valence-corrected chi connectivity index (χ2v) is 9.67. The number of hydrogen-bond acceptors (Lipinski definition) is 6. The van der Waals surface area contributed by atoms with E-state index in [4.69, 9.17) is 16.3 Å². The molecule has 1 aliphatic heterocycles. The van der Waals surface area contributed by atoms with Gasteiger partial charge in [-0.05, 0) is 47.5 Å². The zero-order valence-corrected chi connectivity index (χ0v) is 21.1. The van der Waals surface area contributed by atoms with E-state index < -0.39 is 23.5 Å². The summed E-state index contributed by atoms with van der Waals surface area (Å²) in [5, 5.41) is 11.8. The number of carbonyl (C=O) groups excluding carboxylic acids is 2. The topological polar surface area (TPSA) is 79.7 Å². The number of rotatable bonds is 8. The molecule has 0 bridgehead atoms. The van der Waals surface area contributed by atoms with Gasteiger partial charge >= 0.3 is 0 Å². The molecular formula is C29H21ClN2O4S. The van der Waals surface area contributed by atoms with E-state index in [2.05, 4.69) is 11.6 Å². The number of benzene rings is 3. The van der Waals surface area contributed by atoms with E-state index in [1.165, 1.54) is 22.3 Å². The Morgan fingerprint density at radius 2 is 1.95 bits per heavy atom. The summed E-state index contributed by atoms with van der Waals surface area (Å²) in [6.07, 6.45) is 4.64. The van der Waals surface area contributed by atoms with Gasteiger partial charge in [0.05, 0.1) is 21.8 Å². The van der Waals surface area contributed by atoms with Crippen LogP contribution in [0.4, 0.5) is 5.13 Å². The van der Waals surface area contributed by atoms with Gasteiger partial charge in [0, 0.05) is 5.02 Å². The molecular weight excluding hydrogens is 508 g/mol. The molecule has 0 aliphatic carbocycles. The Hall–Kier alpha value is -4.20. The van der Waals surface area contributed by atoms with Crippen LogP contribution in [-0.4, -0.2) is 28.4 Å². The third kappa shape index (κ3) is 4.91. The minimum atomic E-state index is -0.913. The SMILES string of the molecule is C=CCOc1cccc(C2C(C(=O)C=Cc3ccccc3)=C(O)C(=O)N2c2nc3ccc(Cl)cc3s2)c1. The molecule has 1 atom stereocenters. The number of hydrogen-bond donors (Lipinski definition) is 1. The number of allylic oxidation sites excluding steroid dienone is 1. The number of anilines is 1. The van der Waals surface area contributed by atoms with Gasteiger partial charge in [-0.25, -0.2) is 4.98 Å². The summed E-state index contributed by atoms with van der Waals surface area (Å²) >= 11 is 7.40.